The zero-order chi connectivity index (χ0) is 10.4. The first kappa shape index (κ1) is 9.83. The van der Waals surface area contributed by atoms with Gasteiger partial charge in [-0.2, -0.15) is 5.26 Å². The molecule has 3 heteroatoms. The fourth-order valence-corrected chi connectivity index (χ4v) is 0.936. The lowest BCUT2D eigenvalue weighted by Gasteiger charge is -1.98. The van der Waals surface area contributed by atoms with E-state index in [1.54, 1.807) is 12.1 Å². The van der Waals surface area contributed by atoms with Crippen molar-refractivity contribution in [3.8, 4) is 23.7 Å². The van der Waals surface area contributed by atoms with Crippen LogP contribution < -0.4 is 0 Å². The van der Waals surface area contributed by atoms with Gasteiger partial charge in [-0.15, -0.1) is 0 Å². The average molecular weight is 185 g/mol. The number of para-hydroxylation sites is 1. The summed E-state index contributed by atoms with van der Waals surface area (Å²) in [6, 6.07) is 6.57. The summed E-state index contributed by atoms with van der Waals surface area (Å²) < 4.78 is 0. The molecule has 0 unspecified atom stereocenters. The van der Waals surface area contributed by atoms with Crippen LogP contribution in [0.25, 0.3) is 0 Å². The highest BCUT2D eigenvalue weighted by molar-refractivity contribution is 5.80. The fourth-order valence-electron chi connectivity index (χ4n) is 0.936. The topological polar surface area (TPSA) is 61.1 Å². The third-order valence-electron chi connectivity index (χ3n) is 1.58. The van der Waals surface area contributed by atoms with Crippen LogP contribution in [0.3, 0.4) is 0 Å². The minimum Gasteiger partial charge on any atom is -0.506 e. The Labute approximate surface area is 81.6 Å². The van der Waals surface area contributed by atoms with E-state index >= 15 is 0 Å². The predicted molar refractivity (Wildman–Crippen MR) is 50.6 cm³/mol. The van der Waals surface area contributed by atoms with E-state index in [0.29, 0.717) is 11.8 Å². The van der Waals surface area contributed by atoms with Crippen molar-refractivity contribution < 1.29 is 9.90 Å². The molecule has 0 amide bonds. The summed E-state index contributed by atoms with van der Waals surface area (Å²) in [4.78, 5) is 10.4. The Morgan fingerprint density at radius 2 is 2.29 bits per heavy atom. The second kappa shape index (κ2) is 4.69. The van der Waals surface area contributed by atoms with E-state index in [1.165, 1.54) is 6.07 Å². The van der Waals surface area contributed by atoms with Gasteiger partial charge in [-0.3, -0.25) is 4.79 Å². The standard InChI is InChI=1S/C11H7NO2/c12-7-2-1-4-9-5-3-6-10(8-13)11(9)14/h3,5-6,8,14H,2H2. The summed E-state index contributed by atoms with van der Waals surface area (Å²) in [5.74, 6) is 5.03. The van der Waals surface area contributed by atoms with Gasteiger partial charge in [-0.1, -0.05) is 17.9 Å². The van der Waals surface area contributed by atoms with Crippen molar-refractivity contribution in [3.05, 3.63) is 29.3 Å². The van der Waals surface area contributed by atoms with Crippen molar-refractivity contribution in [1.29, 1.82) is 5.26 Å². The third-order valence-corrected chi connectivity index (χ3v) is 1.58. The number of nitriles is 1. The van der Waals surface area contributed by atoms with Gasteiger partial charge in [-0.05, 0) is 12.1 Å². The van der Waals surface area contributed by atoms with Crippen molar-refractivity contribution in [2.45, 2.75) is 6.42 Å². The second-order valence-electron chi connectivity index (χ2n) is 2.50. The zero-order valence-electron chi connectivity index (χ0n) is 7.32. The average Bonchev–Trinajstić information content (AvgIpc) is 2.21. The van der Waals surface area contributed by atoms with Crippen LogP contribution in [0.15, 0.2) is 18.2 Å². The van der Waals surface area contributed by atoms with Crippen LogP contribution in [0.5, 0.6) is 5.75 Å². The van der Waals surface area contributed by atoms with E-state index in [4.69, 9.17) is 5.26 Å². The van der Waals surface area contributed by atoms with Gasteiger partial charge in [0.2, 0.25) is 0 Å². The smallest absolute Gasteiger partial charge is 0.153 e. The molecule has 0 aromatic heterocycles. The van der Waals surface area contributed by atoms with Gasteiger partial charge >= 0.3 is 0 Å². The molecule has 0 fully saturated rings. The van der Waals surface area contributed by atoms with Crippen molar-refractivity contribution in [2.75, 3.05) is 0 Å². The van der Waals surface area contributed by atoms with Crippen LogP contribution in [0, 0.1) is 23.2 Å². The molecule has 1 N–H and O–H groups in total. The number of hydrogen-bond donors (Lipinski definition) is 1. The number of aldehydes is 1. The highest BCUT2D eigenvalue weighted by Crippen LogP contribution is 2.19. The van der Waals surface area contributed by atoms with Crippen LogP contribution in [0.1, 0.15) is 22.3 Å². The molecule has 1 aromatic carbocycles. The van der Waals surface area contributed by atoms with Crippen molar-refractivity contribution >= 4 is 6.29 Å². The molecule has 0 radical (unpaired) electrons. The molecule has 0 atom stereocenters. The van der Waals surface area contributed by atoms with Gasteiger partial charge in [0.25, 0.3) is 0 Å². The maximum absolute atomic E-state index is 10.4. The molecule has 0 saturated carbocycles. The maximum Gasteiger partial charge on any atom is 0.153 e. The van der Waals surface area contributed by atoms with Gasteiger partial charge in [0.15, 0.2) is 6.29 Å². The lowest BCUT2D eigenvalue weighted by atomic mass is 10.1. The van der Waals surface area contributed by atoms with Gasteiger partial charge in [0, 0.05) is 0 Å². The molecular weight excluding hydrogens is 178 g/mol. The van der Waals surface area contributed by atoms with Crippen LogP contribution in [-0.2, 0) is 0 Å². The maximum atomic E-state index is 10.4. The quantitative estimate of drug-likeness (QED) is 0.532. The van der Waals surface area contributed by atoms with E-state index in [9.17, 15) is 9.90 Å². The van der Waals surface area contributed by atoms with Crippen LogP contribution in [-0.4, -0.2) is 11.4 Å². The third kappa shape index (κ3) is 2.12. The fraction of sp³-hybridized carbons (Fsp3) is 0.0909. The lowest BCUT2D eigenvalue weighted by Crippen LogP contribution is -1.84. The first-order chi connectivity index (χ1) is 6.79. The summed E-state index contributed by atoms with van der Waals surface area (Å²) in [6.07, 6.45) is 0.662. The lowest BCUT2D eigenvalue weighted by molar-refractivity contribution is 0.112. The molecule has 3 nitrogen and oxygen atoms in total. The molecule has 1 rings (SSSR count). The Kier molecular flexibility index (Phi) is 3.29. The minimum absolute atomic E-state index is 0.102. The van der Waals surface area contributed by atoms with E-state index in [2.05, 4.69) is 11.8 Å². The monoisotopic (exact) mass is 185 g/mol. The Balaban J connectivity index is 3.07. The number of phenols is 1. The van der Waals surface area contributed by atoms with Gasteiger partial charge < -0.3 is 5.11 Å². The number of carbonyl (C=O) groups excluding carboxylic acids is 1. The number of benzene rings is 1. The summed E-state index contributed by atoms with van der Waals surface area (Å²) >= 11 is 0. The second-order valence-corrected chi connectivity index (χ2v) is 2.50. The molecule has 0 bridgehead atoms. The molecule has 0 aliphatic carbocycles. The number of aromatic hydroxyl groups is 1. The number of hydrogen-bond acceptors (Lipinski definition) is 3. The molecule has 0 heterocycles. The van der Waals surface area contributed by atoms with Gasteiger partial charge in [0.05, 0.1) is 23.6 Å². The summed E-state index contributed by atoms with van der Waals surface area (Å²) in [5, 5.41) is 17.7. The molecule has 68 valence electrons. The molecule has 0 spiro atoms. The Morgan fingerprint density at radius 1 is 1.50 bits per heavy atom. The Hall–Kier alpha value is -2.26. The van der Waals surface area contributed by atoms with Gasteiger partial charge in [-0.25, -0.2) is 0 Å². The van der Waals surface area contributed by atoms with Gasteiger partial charge in [0.1, 0.15) is 5.75 Å². The van der Waals surface area contributed by atoms with Crippen LogP contribution in [0.2, 0.25) is 0 Å². The van der Waals surface area contributed by atoms with E-state index in [0.717, 1.165) is 0 Å². The molecule has 14 heavy (non-hydrogen) atoms. The first-order valence-corrected chi connectivity index (χ1v) is 3.92. The Bertz CT molecular complexity index is 447. The zero-order valence-corrected chi connectivity index (χ0v) is 7.32. The summed E-state index contributed by atoms with van der Waals surface area (Å²) in [5.41, 5.74) is 0.568. The van der Waals surface area contributed by atoms with E-state index < -0.39 is 0 Å². The predicted octanol–water partition coefficient (Wildman–Crippen LogP) is 1.47. The number of nitrogens with zero attached hydrogens (tertiary/aromatic N) is 1. The van der Waals surface area contributed by atoms with Crippen LogP contribution in [0.4, 0.5) is 0 Å². The largest absolute Gasteiger partial charge is 0.506 e. The van der Waals surface area contributed by atoms with Crippen LogP contribution >= 0.6 is 0 Å². The molecule has 1 aromatic rings. The molecule has 0 aliphatic rings. The van der Waals surface area contributed by atoms with Crippen molar-refractivity contribution in [1.82, 2.24) is 0 Å². The Morgan fingerprint density at radius 3 is 2.93 bits per heavy atom. The van der Waals surface area contributed by atoms with E-state index in [-0.39, 0.29) is 17.7 Å². The minimum atomic E-state index is -0.132. The highest BCUT2D eigenvalue weighted by atomic mass is 16.3. The molecule has 0 saturated heterocycles. The van der Waals surface area contributed by atoms with Crippen molar-refractivity contribution in [2.24, 2.45) is 0 Å². The number of carbonyl (C=O) groups is 1. The van der Waals surface area contributed by atoms with Crippen molar-refractivity contribution in [3.63, 3.8) is 0 Å². The highest BCUT2D eigenvalue weighted by Gasteiger charge is 2.02. The van der Waals surface area contributed by atoms with E-state index in [1.807, 2.05) is 6.07 Å². The molecular formula is C11H7NO2. The summed E-state index contributed by atoms with van der Waals surface area (Å²) in [6.45, 7) is 0. The number of phenolic OH excluding ortho intramolecular Hbond substituents is 1. The SMILES string of the molecule is N#CCC#Cc1cccc(C=O)c1O. The molecule has 0 aliphatic heterocycles. The summed E-state index contributed by atoms with van der Waals surface area (Å²) in [7, 11) is 0. The normalized spacial score (nSPS) is 8.21. The first-order valence-electron chi connectivity index (χ1n) is 3.92. The number of rotatable bonds is 1.